The molecule has 0 fully saturated rings. The molecule has 0 aromatic rings. The van der Waals surface area contributed by atoms with E-state index in [0.717, 1.165) is 57.8 Å². The Morgan fingerprint density at radius 1 is 0.375 bits per heavy atom. The van der Waals surface area contributed by atoms with Crippen molar-refractivity contribution in [3.63, 3.8) is 0 Å². The molecule has 4 nitrogen and oxygen atoms in total. The molecule has 1 amide bonds. The molecule has 0 aliphatic rings. The lowest BCUT2D eigenvalue weighted by molar-refractivity contribution is -0.123. The topological polar surface area (TPSA) is 69.6 Å². The summed E-state index contributed by atoms with van der Waals surface area (Å²) in [5.74, 6) is -0.0775. The summed E-state index contributed by atoms with van der Waals surface area (Å²) in [6.07, 6.45) is 79.5. The second kappa shape index (κ2) is 55.2. The Hall–Kier alpha value is -2.17. The quantitative estimate of drug-likeness (QED) is 0.0421. The van der Waals surface area contributed by atoms with E-state index in [1.807, 2.05) is 6.08 Å². The molecule has 0 saturated carbocycles. The minimum atomic E-state index is -0.869. The monoisotopic (exact) mass is 892 g/mol. The summed E-state index contributed by atoms with van der Waals surface area (Å²) in [5.41, 5.74) is 0. The van der Waals surface area contributed by atoms with E-state index in [1.54, 1.807) is 6.08 Å². The highest BCUT2D eigenvalue weighted by molar-refractivity contribution is 5.76. The molecule has 0 rings (SSSR count). The number of aliphatic hydroxyl groups is 2. The Labute approximate surface area is 399 Å². The summed E-state index contributed by atoms with van der Waals surface area (Å²) >= 11 is 0. The molecule has 2 atom stereocenters. The third-order valence-electron chi connectivity index (χ3n) is 12.6. The number of nitrogens with one attached hydrogen (secondary N) is 1. The van der Waals surface area contributed by atoms with Crippen LogP contribution < -0.4 is 5.32 Å². The largest absolute Gasteiger partial charge is 0.394 e. The molecule has 372 valence electrons. The average Bonchev–Trinajstić information content (AvgIpc) is 3.30. The number of carbonyl (C=O) groups excluding carboxylic acids is 1. The van der Waals surface area contributed by atoms with Crippen LogP contribution in [0.4, 0.5) is 0 Å². The number of carbonyl (C=O) groups is 1. The van der Waals surface area contributed by atoms with Crippen LogP contribution in [0.1, 0.15) is 284 Å². The van der Waals surface area contributed by atoms with Gasteiger partial charge >= 0.3 is 0 Å². The number of unbranched alkanes of at least 4 members (excludes halogenated alkanes) is 34. The van der Waals surface area contributed by atoms with Gasteiger partial charge in [0.25, 0.3) is 0 Å². The van der Waals surface area contributed by atoms with E-state index in [2.05, 4.69) is 79.9 Å². The maximum atomic E-state index is 12.4. The number of hydrogen-bond donors (Lipinski definition) is 3. The molecular weight excluding hydrogens is 783 g/mol. The van der Waals surface area contributed by atoms with Gasteiger partial charge in [0.05, 0.1) is 18.8 Å². The highest BCUT2D eigenvalue weighted by Crippen LogP contribution is 2.17. The molecule has 0 bridgehead atoms. The molecule has 2 unspecified atom stereocenters. The number of aliphatic hydroxyl groups excluding tert-OH is 2. The van der Waals surface area contributed by atoms with E-state index < -0.39 is 12.1 Å². The summed E-state index contributed by atoms with van der Waals surface area (Å²) in [4.78, 5) is 12.4. The van der Waals surface area contributed by atoms with Crippen LogP contribution in [-0.4, -0.2) is 34.9 Å². The van der Waals surface area contributed by atoms with Gasteiger partial charge in [0.15, 0.2) is 0 Å². The Kier molecular flexibility index (Phi) is 53.3. The smallest absolute Gasteiger partial charge is 0.220 e. The number of allylic oxidation sites excluding steroid dienone is 11. The van der Waals surface area contributed by atoms with Crippen LogP contribution >= 0.6 is 0 Å². The van der Waals surface area contributed by atoms with Crippen LogP contribution in [0, 0.1) is 0 Å². The van der Waals surface area contributed by atoms with Gasteiger partial charge in [0.1, 0.15) is 0 Å². The minimum absolute atomic E-state index is 0.0775. The predicted molar refractivity (Wildman–Crippen MR) is 285 cm³/mol. The summed E-state index contributed by atoms with van der Waals surface area (Å²) in [6, 6.07) is -0.644. The summed E-state index contributed by atoms with van der Waals surface area (Å²) in [7, 11) is 0. The van der Waals surface area contributed by atoms with Crippen molar-refractivity contribution in [2.75, 3.05) is 6.61 Å². The van der Waals surface area contributed by atoms with Crippen LogP contribution in [0.15, 0.2) is 72.9 Å². The summed E-state index contributed by atoms with van der Waals surface area (Å²) in [6.45, 7) is 4.21. The standard InChI is InChI=1S/C60H109NO3/c1-3-5-7-9-11-13-15-16-17-18-19-20-21-22-23-24-25-26-27-28-29-30-31-32-33-34-35-36-37-38-39-40-41-42-43-44-46-48-50-52-54-56-60(64)61-58(57-62)59(63)55-53-51-49-47-45-14-12-10-8-6-4-2/h8,10,15-16,18-19,21-22,45,47,53,55,58-59,62-63H,3-7,9,11-14,17,20,23-44,46,48-52,54,56-57H2,1-2H3,(H,61,64)/b10-8+,16-15-,19-18-,22-21-,47-45+,55-53+. The van der Waals surface area contributed by atoms with Gasteiger partial charge in [0, 0.05) is 6.42 Å². The lowest BCUT2D eigenvalue weighted by Gasteiger charge is -2.19. The molecule has 4 heteroatoms. The Morgan fingerprint density at radius 3 is 1.06 bits per heavy atom. The van der Waals surface area contributed by atoms with Crippen LogP contribution in [0.2, 0.25) is 0 Å². The molecule has 0 aromatic carbocycles. The molecule has 0 saturated heterocycles. The first-order chi connectivity index (χ1) is 31.7. The van der Waals surface area contributed by atoms with Crippen LogP contribution in [0.25, 0.3) is 0 Å². The van der Waals surface area contributed by atoms with Gasteiger partial charge in [0.2, 0.25) is 5.91 Å². The van der Waals surface area contributed by atoms with Crippen LogP contribution in [0.3, 0.4) is 0 Å². The Balaban J connectivity index is 3.39. The van der Waals surface area contributed by atoms with Gasteiger partial charge in [-0.15, -0.1) is 0 Å². The third-order valence-corrected chi connectivity index (χ3v) is 12.6. The zero-order valence-corrected chi connectivity index (χ0v) is 42.8. The van der Waals surface area contributed by atoms with Crippen molar-refractivity contribution in [2.24, 2.45) is 0 Å². The fraction of sp³-hybridized carbons (Fsp3) is 0.783. The Bertz CT molecular complexity index is 1100. The Morgan fingerprint density at radius 2 is 0.688 bits per heavy atom. The van der Waals surface area contributed by atoms with E-state index in [9.17, 15) is 15.0 Å². The van der Waals surface area contributed by atoms with Crippen molar-refractivity contribution in [3.8, 4) is 0 Å². The number of rotatable bonds is 51. The van der Waals surface area contributed by atoms with Gasteiger partial charge < -0.3 is 15.5 Å². The van der Waals surface area contributed by atoms with Gasteiger partial charge in [-0.3, -0.25) is 4.79 Å². The van der Waals surface area contributed by atoms with Crippen molar-refractivity contribution in [3.05, 3.63) is 72.9 Å². The zero-order valence-electron chi connectivity index (χ0n) is 42.8. The normalized spacial score (nSPS) is 13.4. The van der Waals surface area contributed by atoms with E-state index >= 15 is 0 Å². The fourth-order valence-electron chi connectivity index (χ4n) is 8.34. The fourth-order valence-corrected chi connectivity index (χ4v) is 8.34. The van der Waals surface area contributed by atoms with Gasteiger partial charge in [-0.25, -0.2) is 0 Å². The lowest BCUT2D eigenvalue weighted by atomic mass is 10.0. The molecule has 0 aromatic heterocycles. The summed E-state index contributed by atoms with van der Waals surface area (Å²) < 4.78 is 0. The maximum Gasteiger partial charge on any atom is 0.220 e. The lowest BCUT2D eigenvalue weighted by Crippen LogP contribution is -2.45. The number of amides is 1. The SMILES string of the molecule is CCC/C=C/CC/C=C/CC/C=C/C(O)C(CO)NC(=O)CCCCCCCCCCCCCCCCCCCCCCCCCCCC/C=C\C/C=C\C/C=C\CCCCCCC. The van der Waals surface area contributed by atoms with Crippen molar-refractivity contribution >= 4 is 5.91 Å². The van der Waals surface area contributed by atoms with Crippen LogP contribution in [-0.2, 0) is 4.79 Å². The molecule has 0 radical (unpaired) electrons. The zero-order chi connectivity index (χ0) is 46.3. The van der Waals surface area contributed by atoms with Gasteiger partial charge in [-0.2, -0.15) is 0 Å². The molecule has 64 heavy (non-hydrogen) atoms. The van der Waals surface area contributed by atoms with Crippen molar-refractivity contribution in [2.45, 2.75) is 296 Å². The van der Waals surface area contributed by atoms with Crippen LogP contribution in [0.5, 0.6) is 0 Å². The second-order valence-electron chi connectivity index (χ2n) is 19.0. The molecule has 0 heterocycles. The first-order valence-corrected chi connectivity index (χ1v) is 28.2. The third kappa shape index (κ3) is 50.8. The molecule has 0 aliphatic carbocycles. The van der Waals surface area contributed by atoms with E-state index in [-0.39, 0.29) is 12.5 Å². The van der Waals surface area contributed by atoms with E-state index in [4.69, 9.17) is 0 Å². The van der Waals surface area contributed by atoms with Crippen molar-refractivity contribution in [1.82, 2.24) is 5.32 Å². The second-order valence-corrected chi connectivity index (χ2v) is 19.0. The van der Waals surface area contributed by atoms with Crippen molar-refractivity contribution < 1.29 is 15.0 Å². The maximum absolute atomic E-state index is 12.4. The van der Waals surface area contributed by atoms with E-state index in [1.165, 1.54) is 205 Å². The summed E-state index contributed by atoms with van der Waals surface area (Å²) in [5, 5.41) is 23.0. The first kappa shape index (κ1) is 61.8. The van der Waals surface area contributed by atoms with Gasteiger partial charge in [-0.05, 0) is 77.0 Å². The highest BCUT2D eigenvalue weighted by atomic mass is 16.3. The van der Waals surface area contributed by atoms with Crippen molar-refractivity contribution in [1.29, 1.82) is 0 Å². The highest BCUT2D eigenvalue weighted by Gasteiger charge is 2.18. The molecule has 3 N–H and O–H groups in total. The minimum Gasteiger partial charge on any atom is -0.394 e. The average molecular weight is 893 g/mol. The number of hydrogen-bond acceptors (Lipinski definition) is 3. The molecule has 0 aliphatic heterocycles. The molecule has 0 spiro atoms. The predicted octanol–water partition coefficient (Wildman–Crippen LogP) is 18.6. The first-order valence-electron chi connectivity index (χ1n) is 28.2. The van der Waals surface area contributed by atoms with E-state index in [0.29, 0.717) is 6.42 Å². The van der Waals surface area contributed by atoms with Gasteiger partial charge in [-0.1, -0.05) is 273 Å². The molecular formula is C60H109NO3.